The molecular weight excluding hydrogens is 148 g/mol. The van der Waals surface area contributed by atoms with Gasteiger partial charge in [0.05, 0.1) is 6.10 Å². The molecule has 12 heavy (non-hydrogen) atoms. The highest BCUT2D eigenvalue weighted by Crippen LogP contribution is 2.42. The zero-order valence-corrected chi connectivity index (χ0v) is 7.96. The first kappa shape index (κ1) is 8.31. The molecular formula is C11H18O. The second-order valence-electron chi connectivity index (χ2n) is 4.57. The van der Waals surface area contributed by atoms with Gasteiger partial charge in [-0.05, 0) is 38.0 Å². The fourth-order valence-electron chi connectivity index (χ4n) is 2.76. The van der Waals surface area contributed by atoms with E-state index >= 15 is 0 Å². The number of aliphatic hydroxyl groups excluding tert-OH is 1. The van der Waals surface area contributed by atoms with Gasteiger partial charge in [0.1, 0.15) is 0 Å². The highest BCUT2D eigenvalue weighted by Gasteiger charge is 2.36. The summed E-state index contributed by atoms with van der Waals surface area (Å²) in [5, 5.41) is 9.82. The van der Waals surface area contributed by atoms with Gasteiger partial charge in [-0.3, -0.25) is 0 Å². The number of hydrogen-bond donors (Lipinski definition) is 1. The van der Waals surface area contributed by atoms with Gasteiger partial charge in [0.2, 0.25) is 0 Å². The zero-order chi connectivity index (χ0) is 8.72. The lowest BCUT2D eigenvalue weighted by Crippen LogP contribution is -2.36. The molecule has 0 unspecified atom stereocenters. The van der Waals surface area contributed by atoms with Crippen LogP contribution >= 0.6 is 0 Å². The Morgan fingerprint density at radius 3 is 2.92 bits per heavy atom. The first-order valence-corrected chi connectivity index (χ1v) is 5.03. The number of rotatable bonds is 0. The minimum atomic E-state index is -0.0622. The minimum absolute atomic E-state index is 0.0622. The lowest BCUT2D eigenvalue weighted by molar-refractivity contribution is 0.0301. The molecule has 0 amide bonds. The molecule has 0 heterocycles. The van der Waals surface area contributed by atoms with E-state index in [2.05, 4.69) is 19.9 Å². The summed E-state index contributed by atoms with van der Waals surface area (Å²) in [6.45, 7) is 4.44. The van der Waals surface area contributed by atoms with Crippen molar-refractivity contribution in [1.82, 2.24) is 0 Å². The quantitative estimate of drug-likeness (QED) is 0.548. The lowest BCUT2D eigenvalue weighted by atomic mass is 9.66. The fraction of sp³-hybridized carbons (Fsp3) is 0.818. The van der Waals surface area contributed by atoms with Crippen LogP contribution in [0.1, 0.15) is 33.1 Å². The van der Waals surface area contributed by atoms with Gasteiger partial charge in [-0.25, -0.2) is 0 Å². The summed E-state index contributed by atoms with van der Waals surface area (Å²) in [4.78, 5) is 0. The Morgan fingerprint density at radius 2 is 2.17 bits per heavy atom. The molecule has 1 heteroatoms. The molecule has 4 atom stereocenters. The summed E-state index contributed by atoms with van der Waals surface area (Å²) in [7, 11) is 0. The van der Waals surface area contributed by atoms with E-state index in [0.29, 0.717) is 5.92 Å². The fourth-order valence-corrected chi connectivity index (χ4v) is 2.76. The smallest absolute Gasteiger partial charge is 0.0608 e. The van der Waals surface area contributed by atoms with E-state index in [1.54, 1.807) is 0 Å². The average molecular weight is 166 g/mol. The second kappa shape index (κ2) is 2.88. The third-order valence-electron chi connectivity index (χ3n) is 3.77. The molecule has 0 aromatic carbocycles. The molecule has 1 saturated carbocycles. The van der Waals surface area contributed by atoms with Crippen molar-refractivity contribution in [3.05, 3.63) is 11.6 Å². The Morgan fingerprint density at radius 1 is 1.42 bits per heavy atom. The van der Waals surface area contributed by atoms with E-state index in [1.165, 1.54) is 18.4 Å². The summed E-state index contributed by atoms with van der Waals surface area (Å²) in [5.41, 5.74) is 1.42. The van der Waals surface area contributed by atoms with Crippen LogP contribution in [-0.4, -0.2) is 11.2 Å². The van der Waals surface area contributed by atoms with Crippen molar-refractivity contribution in [2.45, 2.75) is 39.2 Å². The number of hydrogen-bond acceptors (Lipinski definition) is 1. The Balaban J connectivity index is 2.21. The summed E-state index contributed by atoms with van der Waals surface area (Å²) in [6.07, 6.45) is 5.76. The third-order valence-corrected chi connectivity index (χ3v) is 3.77. The molecule has 1 fully saturated rings. The molecule has 2 aliphatic carbocycles. The van der Waals surface area contributed by atoms with Gasteiger partial charge in [0.25, 0.3) is 0 Å². The van der Waals surface area contributed by atoms with E-state index in [0.717, 1.165) is 18.3 Å². The Hall–Kier alpha value is -0.300. The molecule has 0 spiro atoms. The molecule has 0 radical (unpaired) electrons. The van der Waals surface area contributed by atoms with E-state index in [1.807, 2.05) is 0 Å². The van der Waals surface area contributed by atoms with Crippen molar-refractivity contribution < 1.29 is 5.11 Å². The van der Waals surface area contributed by atoms with Crippen molar-refractivity contribution in [3.63, 3.8) is 0 Å². The van der Waals surface area contributed by atoms with Gasteiger partial charge in [-0.2, -0.15) is 0 Å². The number of aliphatic hydroxyl groups is 1. The molecule has 1 nitrogen and oxygen atoms in total. The highest BCUT2D eigenvalue weighted by atomic mass is 16.3. The normalized spacial score (nSPS) is 47.1. The SMILES string of the molecule is CC1=CC[C@@H]2C[C@@H]1[C@@H](O)C[C@@H]2C. The number of allylic oxidation sites excluding steroid dienone is 1. The third kappa shape index (κ3) is 1.20. The summed E-state index contributed by atoms with van der Waals surface area (Å²) in [5.74, 6) is 2.06. The maximum atomic E-state index is 9.82. The molecule has 1 N–H and O–H groups in total. The maximum Gasteiger partial charge on any atom is 0.0608 e. The predicted octanol–water partition coefficient (Wildman–Crippen LogP) is 2.36. The Kier molecular flexibility index (Phi) is 1.99. The first-order valence-electron chi connectivity index (χ1n) is 5.03. The molecule has 68 valence electrons. The monoisotopic (exact) mass is 166 g/mol. The summed E-state index contributed by atoms with van der Waals surface area (Å²) >= 11 is 0. The van der Waals surface area contributed by atoms with Crippen LogP contribution in [0.2, 0.25) is 0 Å². The van der Waals surface area contributed by atoms with Crippen molar-refractivity contribution in [3.8, 4) is 0 Å². The highest BCUT2D eigenvalue weighted by molar-refractivity contribution is 5.13. The van der Waals surface area contributed by atoms with Gasteiger partial charge in [0.15, 0.2) is 0 Å². The summed E-state index contributed by atoms with van der Waals surface area (Å²) in [6, 6.07) is 0. The molecule has 0 aromatic heterocycles. The van der Waals surface area contributed by atoms with Crippen molar-refractivity contribution in [2.24, 2.45) is 17.8 Å². The molecule has 0 saturated heterocycles. The molecule has 0 aliphatic heterocycles. The standard InChI is InChI=1S/C11H18O/c1-7-3-4-9-6-10(7)11(12)5-8(9)2/h3,8-12H,4-6H2,1-2H3/t8-,9+,10-,11-/m0/s1. The lowest BCUT2D eigenvalue weighted by Gasteiger charge is -2.41. The van der Waals surface area contributed by atoms with Crippen LogP contribution in [0, 0.1) is 17.8 Å². The Bertz CT molecular complexity index is 207. The van der Waals surface area contributed by atoms with Crippen LogP contribution in [0.4, 0.5) is 0 Å². The van der Waals surface area contributed by atoms with Gasteiger partial charge in [-0.1, -0.05) is 18.6 Å². The molecule has 2 aliphatic rings. The maximum absolute atomic E-state index is 9.82. The van der Waals surface area contributed by atoms with Crippen molar-refractivity contribution in [2.75, 3.05) is 0 Å². The second-order valence-corrected chi connectivity index (χ2v) is 4.57. The van der Waals surface area contributed by atoms with Crippen molar-refractivity contribution >= 4 is 0 Å². The van der Waals surface area contributed by atoms with Crippen LogP contribution in [0.25, 0.3) is 0 Å². The minimum Gasteiger partial charge on any atom is -0.392 e. The van der Waals surface area contributed by atoms with Gasteiger partial charge < -0.3 is 5.11 Å². The molecule has 0 aromatic rings. The van der Waals surface area contributed by atoms with Crippen LogP contribution in [-0.2, 0) is 0 Å². The van der Waals surface area contributed by atoms with Crippen molar-refractivity contribution in [1.29, 1.82) is 0 Å². The number of fused-ring (bicyclic) bond motifs is 2. The van der Waals surface area contributed by atoms with E-state index in [4.69, 9.17) is 0 Å². The van der Waals surface area contributed by atoms with Crippen LogP contribution in [0.3, 0.4) is 0 Å². The predicted molar refractivity (Wildman–Crippen MR) is 49.8 cm³/mol. The van der Waals surface area contributed by atoms with E-state index < -0.39 is 0 Å². The van der Waals surface area contributed by atoms with Crippen LogP contribution in [0.15, 0.2) is 11.6 Å². The first-order chi connectivity index (χ1) is 5.68. The van der Waals surface area contributed by atoms with Crippen LogP contribution in [0.5, 0.6) is 0 Å². The topological polar surface area (TPSA) is 20.2 Å². The average Bonchev–Trinajstić information content (AvgIpc) is 2.03. The summed E-state index contributed by atoms with van der Waals surface area (Å²) < 4.78 is 0. The molecule has 2 bridgehead atoms. The molecule has 2 rings (SSSR count). The Labute approximate surface area is 74.5 Å². The van der Waals surface area contributed by atoms with E-state index in [9.17, 15) is 5.11 Å². The van der Waals surface area contributed by atoms with Gasteiger partial charge in [-0.15, -0.1) is 0 Å². The van der Waals surface area contributed by atoms with Gasteiger partial charge >= 0.3 is 0 Å². The van der Waals surface area contributed by atoms with E-state index in [-0.39, 0.29) is 6.10 Å². The van der Waals surface area contributed by atoms with Gasteiger partial charge in [0, 0.05) is 5.92 Å². The zero-order valence-electron chi connectivity index (χ0n) is 7.96. The largest absolute Gasteiger partial charge is 0.392 e. The van der Waals surface area contributed by atoms with Crippen LogP contribution < -0.4 is 0 Å².